The lowest BCUT2D eigenvalue weighted by molar-refractivity contribution is 0.178. The van der Waals surface area contributed by atoms with Gasteiger partial charge in [-0.05, 0) is 25.0 Å². The monoisotopic (exact) mass is 230 g/mol. The number of hydrogen-bond donors (Lipinski definition) is 1. The van der Waals surface area contributed by atoms with E-state index in [-0.39, 0.29) is 0 Å². The van der Waals surface area contributed by atoms with E-state index in [1.807, 2.05) is 55.2 Å². The Balaban J connectivity index is 2.08. The Hall–Kier alpha value is -1.61. The quantitative estimate of drug-likeness (QED) is 0.876. The number of benzene rings is 1. The number of hydrogen-bond acceptors (Lipinski definition) is 2. The molecule has 1 atom stereocenters. The van der Waals surface area contributed by atoms with Crippen LogP contribution in [0.1, 0.15) is 29.7 Å². The van der Waals surface area contributed by atoms with E-state index in [1.54, 1.807) is 0 Å². The predicted octanol–water partition coefficient (Wildman–Crippen LogP) is 2.49. The molecule has 90 valence electrons. The molecule has 0 radical (unpaired) electrons. The van der Waals surface area contributed by atoms with E-state index in [4.69, 9.17) is 0 Å². The van der Waals surface area contributed by atoms with Crippen molar-refractivity contribution in [1.29, 1.82) is 0 Å². The van der Waals surface area contributed by atoms with Gasteiger partial charge in [-0.15, -0.1) is 0 Å². The summed E-state index contributed by atoms with van der Waals surface area (Å²) in [5, 5.41) is 14.3. The second-order valence-electron chi connectivity index (χ2n) is 4.34. The molecule has 1 heterocycles. The average molecular weight is 230 g/mol. The van der Waals surface area contributed by atoms with Gasteiger partial charge in [-0.3, -0.25) is 4.68 Å². The summed E-state index contributed by atoms with van der Waals surface area (Å²) in [6.07, 6.45) is 3.97. The van der Waals surface area contributed by atoms with Crippen LogP contribution >= 0.6 is 0 Å². The maximum Gasteiger partial charge on any atom is 0.0831 e. The van der Waals surface area contributed by atoms with Crippen molar-refractivity contribution in [2.45, 2.75) is 32.9 Å². The molecule has 1 N–H and O–H groups in total. The van der Waals surface area contributed by atoms with Gasteiger partial charge in [-0.2, -0.15) is 5.10 Å². The zero-order valence-corrected chi connectivity index (χ0v) is 10.3. The molecule has 0 amide bonds. The largest absolute Gasteiger partial charge is 0.388 e. The highest BCUT2D eigenvalue weighted by Crippen LogP contribution is 2.18. The lowest BCUT2D eigenvalue weighted by Gasteiger charge is -2.10. The molecule has 0 fully saturated rings. The zero-order chi connectivity index (χ0) is 12.3. The molecule has 0 bridgehead atoms. The number of aromatic nitrogens is 2. The average Bonchev–Trinajstić information content (AvgIpc) is 2.77. The van der Waals surface area contributed by atoms with Crippen LogP contribution < -0.4 is 0 Å². The molecule has 3 heteroatoms. The smallest absolute Gasteiger partial charge is 0.0831 e. The molecule has 0 aliphatic heterocycles. The highest BCUT2D eigenvalue weighted by atomic mass is 16.3. The van der Waals surface area contributed by atoms with E-state index in [0.29, 0.717) is 6.42 Å². The molecule has 3 nitrogen and oxygen atoms in total. The summed E-state index contributed by atoms with van der Waals surface area (Å²) in [5.41, 5.74) is 3.21. The van der Waals surface area contributed by atoms with Crippen LogP contribution in [-0.4, -0.2) is 14.9 Å². The van der Waals surface area contributed by atoms with E-state index in [2.05, 4.69) is 5.10 Å². The van der Waals surface area contributed by atoms with Crippen molar-refractivity contribution in [3.8, 4) is 0 Å². The van der Waals surface area contributed by atoms with Crippen molar-refractivity contribution in [1.82, 2.24) is 9.78 Å². The molecular formula is C14H18N2O. The van der Waals surface area contributed by atoms with Gasteiger partial charge in [0, 0.05) is 19.2 Å². The van der Waals surface area contributed by atoms with Crippen LogP contribution in [-0.2, 0) is 13.0 Å². The van der Waals surface area contributed by atoms with E-state index >= 15 is 0 Å². The van der Waals surface area contributed by atoms with Gasteiger partial charge in [0.25, 0.3) is 0 Å². The predicted molar refractivity (Wildman–Crippen MR) is 67.7 cm³/mol. The molecule has 0 aliphatic carbocycles. The Morgan fingerprint density at radius 3 is 2.88 bits per heavy atom. The number of aryl methyl sites for hydroxylation is 2. The van der Waals surface area contributed by atoms with Crippen LogP contribution in [0, 0.1) is 6.92 Å². The minimum atomic E-state index is -0.454. The molecule has 1 unspecified atom stereocenters. The van der Waals surface area contributed by atoms with Crippen molar-refractivity contribution in [3.05, 3.63) is 53.3 Å². The third-order valence-corrected chi connectivity index (χ3v) is 2.87. The Labute approximate surface area is 102 Å². The summed E-state index contributed by atoms with van der Waals surface area (Å²) in [7, 11) is 0. The summed E-state index contributed by atoms with van der Waals surface area (Å²) < 4.78 is 1.87. The first-order valence-corrected chi connectivity index (χ1v) is 5.95. The van der Waals surface area contributed by atoms with Crippen molar-refractivity contribution in [2.24, 2.45) is 0 Å². The van der Waals surface area contributed by atoms with Crippen LogP contribution in [0.2, 0.25) is 0 Å². The SMILES string of the molecule is CCn1cc(CC(O)c2cccc(C)c2)cn1. The van der Waals surface area contributed by atoms with Crippen molar-refractivity contribution in [2.75, 3.05) is 0 Å². The minimum absolute atomic E-state index is 0.454. The number of aliphatic hydroxyl groups is 1. The number of aliphatic hydroxyl groups excluding tert-OH is 1. The second kappa shape index (κ2) is 5.15. The highest BCUT2D eigenvalue weighted by molar-refractivity contribution is 5.25. The molecule has 0 spiro atoms. The summed E-state index contributed by atoms with van der Waals surface area (Å²) >= 11 is 0. The van der Waals surface area contributed by atoms with Crippen LogP contribution in [0.3, 0.4) is 0 Å². The van der Waals surface area contributed by atoms with E-state index in [1.165, 1.54) is 5.56 Å². The Morgan fingerprint density at radius 1 is 1.41 bits per heavy atom. The van der Waals surface area contributed by atoms with Gasteiger partial charge in [0.15, 0.2) is 0 Å². The Bertz CT molecular complexity index is 490. The van der Waals surface area contributed by atoms with Crippen molar-refractivity contribution in [3.63, 3.8) is 0 Å². The first-order valence-electron chi connectivity index (χ1n) is 5.95. The molecule has 0 saturated heterocycles. The summed E-state index contributed by atoms with van der Waals surface area (Å²) in [5.74, 6) is 0. The fourth-order valence-electron chi connectivity index (χ4n) is 1.90. The molecule has 0 saturated carbocycles. The summed E-state index contributed by atoms with van der Waals surface area (Å²) in [6.45, 7) is 4.94. The topological polar surface area (TPSA) is 38.0 Å². The van der Waals surface area contributed by atoms with E-state index in [9.17, 15) is 5.11 Å². The van der Waals surface area contributed by atoms with Gasteiger partial charge in [-0.1, -0.05) is 29.8 Å². The first-order chi connectivity index (χ1) is 8.19. The number of nitrogens with zero attached hydrogens (tertiary/aromatic N) is 2. The molecule has 1 aromatic heterocycles. The van der Waals surface area contributed by atoms with Crippen LogP contribution in [0.25, 0.3) is 0 Å². The summed E-state index contributed by atoms with van der Waals surface area (Å²) in [6, 6.07) is 7.99. The van der Waals surface area contributed by atoms with Crippen molar-refractivity contribution < 1.29 is 5.11 Å². The Kier molecular flexibility index (Phi) is 3.59. The van der Waals surface area contributed by atoms with Gasteiger partial charge in [0.2, 0.25) is 0 Å². The molecule has 2 rings (SSSR count). The standard InChI is InChI=1S/C14H18N2O/c1-3-16-10-12(9-15-16)8-14(17)13-6-4-5-11(2)7-13/h4-7,9-10,14,17H,3,8H2,1-2H3. The lowest BCUT2D eigenvalue weighted by Crippen LogP contribution is -2.01. The lowest BCUT2D eigenvalue weighted by atomic mass is 10.0. The normalized spacial score (nSPS) is 12.6. The van der Waals surface area contributed by atoms with Gasteiger partial charge in [-0.25, -0.2) is 0 Å². The van der Waals surface area contributed by atoms with E-state index in [0.717, 1.165) is 17.7 Å². The molecular weight excluding hydrogens is 212 g/mol. The third-order valence-electron chi connectivity index (χ3n) is 2.87. The van der Waals surface area contributed by atoms with Gasteiger partial charge in [0.05, 0.1) is 12.3 Å². The Morgan fingerprint density at radius 2 is 2.24 bits per heavy atom. The fourth-order valence-corrected chi connectivity index (χ4v) is 1.90. The van der Waals surface area contributed by atoms with Gasteiger partial charge < -0.3 is 5.11 Å². The zero-order valence-electron chi connectivity index (χ0n) is 10.3. The highest BCUT2D eigenvalue weighted by Gasteiger charge is 2.09. The molecule has 2 aromatic rings. The molecule has 17 heavy (non-hydrogen) atoms. The maximum absolute atomic E-state index is 10.1. The maximum atomic E-state index is 10.1. The second-order valence-corrected chi connectivity index (χ2v) is 4.34. The summed E-state index contributed by atoms with van der Waals surface area (Å²) in [4.78, 5) is 0. The minimum Gasteiger partial charge on any atom is -0.388 e. The van der Waals surface area contributed by atoms with Crippen LogP contribution in [0.15, 0.2) is 36.7 Å². The molecule has 1 aromatic carbocycles. The van der Waals surface area contributed by atoms with Crippen LogP contribution in [0.5, 0.6) is 0 Å². The number of rotatable bonds is 4. The van der Waals surface area contributed by atoms with Gasteiger partial charge in [0.1, 0.15) is 0 Å². The first kappa shape index (κ1) is 11.9. The third kappa shape index (κ3) is 2.94. The molecule has 0 aliphatic rings. The van der Waals surface area contributed by atoms with Gasteiger partial charge >= 0.3 is 0 Å². The van der Waals surface area contributed by atoms with Crippen molar-refractivity contribution >= 4 is 0 Å². The van der Waals surface area contributed by atoms with E-state index < -0.39 is 6.10 Å². The van der Waals surface area contributed by atoms with Crippen LogP contribution in [0.4, 0.5) is 0 Å². The fraction of sp³-hybridized carbons (Fsp3) is 0.357.